The van der Waals surface area contributed by atoms with Gasteiger partial charge in [0, 0.05) is 42.5 Å². The SMILES string of the molecule is CC(C)N1CCN(C(=O)Cc2csc(NC(=O)Cc3cccs3)n2)CC1. The molecule has 1 aliphatic heterocycles. The van der Waals surface area contributed by atoms with Crippen LogP contribution in [0.25, 0.3) is 0 Å². The van der Waals surface area contributed by atoms with Crippen LogP contribution < -0.4 is 5.32 Å². The lowest BCUT2D eigenvalue weighted by molar-refractivity contribution is -0.132. The van der Waals surface area contributed by atoms with Gasteiger partial charge in [-0.3, -0.25) is 14.5 Å². The molecule has 2 aromatic heterocycles. The number of nitrogens with one attached hydrogen (secondary N) is 1. The van der Waals surface area contributed by atoms with Gasteiger partial charge in [0.25, 0.3) is 0 Å². The third-order valence-corrected chi connectivity index (χ3v) is 6.13. The minimum atomic E-state index is -0.0792. The number of piperazine rings is 1. The molecule has 2 aromatic rings. The summed E-state index contributed by atoms with van der Waals surface area (Å²) < 4.78 is 0. The van der Waals surface area contributed by atoms with Crippen molar-refractivity contribution in [3.8, 4) is 0 Å². The second-order valence-electron chi connectivity index (χ2n) is 6.64. The summed E-state index contributed by atoms with van der Waals surface area (Å²) in [5, 5.41) is 7.18. The fraction of sp³-hybridized carbons (Fsp3) is 0.500. The highest BCUT2D eigenvalue weighted by Crippen LogP contribution is 2.18. The molecule has 1 saturated heterocycles. The Hall–Kier alpha value is -1.77. The average molecular weight is 393 g/mol. The summed E-state index contributed by atoms with van der Waals surface area (Å²) >= 11 is 2.93. The van der Waals surface area contributed by atoms with E-state index in [1.807, 2.05) is 27.8 Å². The number of hydrogen-bond acceptors (Lipinski definition) is 6. The molecule has 26 heavy (non-hydrogen) atoms. The van der Waals surface area contributed by atoms with Crippen molar-refractivity contribution in [2.24, 2.45) is 0 Å². The van der Waals surface area contributed by atoms with Crippen molar-refractivity contribution in [2.45, 2.75) is 32.7 Å². The molecule has 0 bridgehead atoms. The number of aromatic nitrogens is 1. The molecule has 2 amide bonds. The molecule has 0 atom stereocenters. The van der Waals surface area contributed by atoms with Crippen LogP contribution in [0.4, 0.5) is 5.13 Å². The van der Waals surface area contributed by atoms with E-state index in [1.54, 1.807) is 11.3 Å². The van der Waals surface area contributed by atoms with Crippen LogP contribution in [0.3, 0.4) is 0 Å². The smallest absolute Gasteiger partial charge is 0.231 e. The molecule has 1 N–H and O–H groups in total. The van der Waals surface area contributed by atoms with Crippen LogP contribution in [0.1, 0.15) is 24.4 Å². The number of rotatable bonds is 6. The van der Waals surface area contributed by atoms with Gasteiger partial charge in [-0.2, -0.15) is 0 Å². The monoisotopic (exact) mass is 392 g/mol. The number of carbonyl (C=O) groups excluding carboxylic acids is 2. The maximum atomic E-state index is 12.5. The molecule has 3 heterocycles. The van der Waals surface area contributed by atoms with Crippen molar-refractivity contribution in [1.82, 2.24) is 14.8 Å². The molecule has 0 aromatic carbocycles. The molecule has 140 valence electrons. The van der Waals surface area contributed by atoms with Crippen LogP contribution in [-0.4, -0.2) is 58.8 Å². The van der Waals surface area contributed by atoms with Crippen molar-refractivity contribution in [1.29, 1.82) is 0 Å². The summed E-state index contributed by atoms with van der Waals surface area (Å²) in [5.74, 6) is 0.0275. The number of carbonyl (C=O) groups is 2. The highest BCUT2D eigenvalue weighted by molar-refractivity contribution is 7.14. The third-order valence-electron chi connectivity index (χ3n) is 4.44. The lowest BCUT2D eigenvalue weighted by atomic mass is 10.2. The summed E-state index contributed by atoms with van der Waals surface area (Å²) in [7, 11) is 0. The van der Waals surface area contributed by atoms with Gasteiger partial charge in [0.2, 0.25) is 11.8 Å². The number of nitrogens with zero attached hydrogens (tertiary/aromatic N) is 3. The number of hydrogen-bond donors (Lipinski definition) is 1. The molecule has 0 unspecified atom stereocenters. The second-order valence-corrected chi connectivity index (χ2v) is 8.53. The Kier molecular flexibility index (Phi) is 6.39. The highest BCUT2D eigenvalue weighted by Gasteiger charge is 2.23. The zero-order valence-electron chi connectivity index (χ0n) is 15.1. The third kappa shape index (κ3) is 5.12. The Balaban J connectivity index is 1.47. The predicted octanol–water partition coefficient (Wildman–Crippen LogP) is 2.48. The quantitative estimate of drug-likeness (QED) is 0.820. The molecule has 0 aliphatic carbocycles. The second kappa shape index (κ2) is 8.75. The Morgan fingerprint density at radius 3 is 2.62 bits per heavy atom. The molecular formula is C18H24N4O2S2. The van der Waals surface area contributed by atoms with Crippen LogP contribution >= 0.6 is 22.7 Å². The van der Waals surface area contributed by atoms with Gasteiger partial charge in [-0.25, -0.2) is 4.98 Å². The molecule has 3 rings (SSSR count). The summed E-state index contributed by atoms with van der Waals surface area (Å²) in [5.41, 5.74) is 0.720. The fourth-order valence-corrected chi connectivity index (χ4v) is 4.36. The van der Waals surface area contributed by atoms with Crippen LogP contribution in [0.5, 0.6) is 0 Å². The van der Waals surface area contributed by atoms with E-state index in [0.29, 0.717) is 24.0 Å². The minimum absolute atomic E-state index is 0.0792. The highest BCUT2D eigenvalue weighted by atomic mass is 32.1. The van der Waals surface area contributed by atoms with Gasteiger partial charge in [-0.15, -0.1) is 22.7 Å². The van der Waals surface area contributed by atoms with Gasteiger partial charge in [-0.05, 0) is 25.3 Å². The van der Waals surface area contributed by atoms with E-state index in [4.69, 9.17) is 0 Å². The van der Waals surface area contributed by atoms with E-state index in [2.05, 4.69) is 29.0 Å². The summed E-state index contributed by atoms with van der Waals surface area (Å²) in [6.07, 6.45) is 0.643. The Morgan fingerprint density at radius 1 is 1.19 bits per heavy atom. The van der Waals surface area contributed by atoms with Gasteiger partial charge >= 0.3 is 0 Å². The topological polar surface area (TPSA) is 65.5 Å². The van der Waals surface area contributed by atoms with Crippen molar-refractivity contribution in [3.63, 3.8) is 0 Å². The van der Waals surface area contributed by atoms with Crippen molar-refractivity contribution >= 4 is 39.6 Å². The summed E-state index contributed by atoms with van der Waals surface area (Å²) in [6, 6.07) is 4.39. The first-order valence-electron chi connectivity index (χ1n) is 8.79. The molecule has 1 aliphatic rings. The van der Waals surface area contributed by atoms with Gasteiger partial charge in [0.05, 0.1) is 18.5 Å². The van der Waals surface area contributed by atoms with Crippen LogP contribution in [0, 0.1) is 0 Å². The first-order valence-corrected chi connectivity index (χ1v) is 10.6. The van der Waals surface area contributed by atoms with Crippen molar-refractivity contribution in [2.75, 3.05) is 31.5 Å². The lowest BCUT2D eigenvalue weighted by Crippen LogP contribution is -2.51. The van der Waals surface area contributed by atoms with E-state index < -0.39 is 0 Å². The fourth-order valence-electron chi connectivity index (χ4n) is 2.93. The van der Waals surface area contributed by atoms with Crippen LogP contribution in [0.2, 0.25) is 0 Å². The summed E-state index contributed by atoms with van der Waals surface area (Å²) in [4.78, 5) is 34.2. The first kappa shape index (κ1) is 19.0. The minimum Gasteiger partial charge on any atom is -0.340 e. The van der Waals surface area contributed by atoms with E-state index in [1.165, 1.54) is 11.3 Å². The maximum Gasteiger partial charge on any atom is 0.231 e. The van der Waals surface area contributed by atoms with E-state index in [0.717, 1.165) is 36.8 Å². The largest absolute Gasteiger partial charge is 0.340 e. The van der Waals surface area contributed by atoms with Gasteiger partial charge in [0.15, 0.2) is 5.13 Å². The predicted molar refractivity (Wildman–Crippen MR) is 106 cm³/mol. The maximum absolute atomic E-state index is 12.5. The molecule has 0 saturated carbocycles. The van der Waals surface area contributed by atoms with Crippen LogP contribution in [-0.2, 0) is 22.4 Å². The zero-order chi connectivity index (χ0) is 18.5. The number of anilines is 1. The Labute approximate surface area is 161 Å². The molecule has 0 spiro atoms. The molecule has 6 nitrogen and oxygen atoms in total. The zero-order valence-corrected chi connectivity index (χ0v) is 16.7. The van der Waals surface area contributed by atoms with Crippen molar-refractivity contribution < 1.29 is 9.59 Å². The van der Waals surface area contributed by atoms with E-state index in [9.17, 15) is 9.59 Å². The van der Waals surface area contributed by atoms with Gasteiger partial charge in [-0.1, -0.05) is 6.07 Å². The van der Waals surface area contributed by atoms with Gasteiger partial charge < -0.3 is 10.2 Å². The molecule has 8 heteroatoms. The normalized spacial score (nSPS) is 15.4. The standard InChI is InChI=1S/C18H24N4O2S2/c1-13(2)21-5-7-22(8-6-21)17(24)10-14-12-26-18(19-14)20-16(23)11-15-4-3-9-25-15/h3-4,9,12-13H,5-8,10-11H2,1-2H3,(H,19,20,23). The van der Waals surface area contributed by atoms with Crippen LogP contribution in [0.15, 0.2) is 22.9 Å². The van der Waals surface area contributed by atoms with Crippen molar-refractivity contribution in [3.05, 3.63) is 33.5 Å². The Bertz CT molecular complexity index is 734. The number of amides is 2. The van der Waals surface area contributed by atoms with E-state index >= 15 is 0 Å². The average Bonchev–Trinajstić information content (AvgIpc) is 3.27. The number of thiophene rings is 1. The molecular weight excluding hydrogens is 368 g/mol. The summed E-state index contributed by atoms with van der Waals surface area (Å²) in [6.45, 7) is 7.74. The first-order chi connectivity index (χ1) is 12.5. The van der Waals surface area contributed by atoms with Gasteiger partial charge in [0.1, 0.15) is 0 Å². The molecule has 0 radical (unpaired) electrons. The Morgan fingerprint density at radius 2 is 1.96 bits per heavy atom. The number of thiazole rings is 1. The van der Waals surface area contributed by atoms with E-state index in [-0.39, 0.29) is 11.8 Å². The molecule has 1 fully saturated rings. The lowest BCUT2D eigenvalue weighted by Gasteiger charge is -2.36.